The number of benzene rings is 2. The van der Waals surface area contributed by atoms with E-state index < -0.39 is 0 Å². The molecule has 0 atom stereocenters. The highest BCUT2D eigenvalue weighted by atomic mass is 32.2. The molecule has 0 saturated carbocycles. The molecule has 1 aromatic heterocycles. The van der Waals surface area contributed by atoms with Crippen molar-refractivity contribution in [3.63, 3.8) is 0 Å². The third-order valence-electron chi connectivity index (χ3n) is 4.56. The van der Waals surface area contributed by atoms with Gasteiger partial charge in [0, 0.05) is 31.1 Å². The van der Waals surface area contributed by atoms with Gasteiger partial charge < -0.3 is 10.2 Å². The van der Waals surface area contributed by atoms with Gasteiger partial charge in [0.25, 0.3) is 0 Å². The van der Waals surface area contributed by atoms with Crippen LogP contribution in [0.3, 0.4) is 0 Å². The molecular formula is C21H28N6S. The number of aromatic nitrogens is 4. The smallest absolute Gasteiger partial charge is 0.214 e. The first-order valence-electron chi connectivity index (χ1n) is 9.83. The third-order valence-corrected chi connectivity index (χ3v) is 5.57. The molecular weight excluding hydrogens is 368 g/mol. The van der Waals surface area contributed by atoms with Crippen LogP contribution in [0.25, 0.3) is 5.69 Å². The van der Waals surface area contributed by atoms with E-state index in [1.807, 2.05) is 30.3 Å². The molecule has 0 aliphatic carbocycles. The lowest BCUT2D eigenvalue weighted by molar-refractivity contribution is 0.678. The summed E-state index contributed by atoms with van der Waals surface area (Å²) < 4.78 is 1.79. The number of tetrazole rings is 1. The Hall–Kier alpha value is -2.38. The number of nitrogens with one attached hydrogen (secondary N) is 1. The number of thioether (sulfide) groups is 1. The largest absolute Gasteiger partial charge is 0.372 e. The average molecular weight is 397 g/mol. The number of hydrogen-bond acceptors (Lipinski definition) is 6. The number of anilines is 1. The van der Waals surface area contributed by atoms with Gasteiger partial charge in [-0.25, -0.2) is 0 Å². The molecule has 0 amide bonds. The molecule has 6 nitrogen and oxygen atoms in total. The highest BCUT2D eigenvalue weighted by Gasteiger charge is 2.08. The van der Waals surface area contributed by atoms with Gasteiger partial charge in [-0.2, -0.15) is 4.68 Å². The van der Waals surface area contributed by atoms with Gasteiger partial charge in [0.05, 0.1) is 5.69 Å². The predicted molar refractivity (Wildman–Crippen MR) is 116 cm³/mol. The summed E-state index contributed by atoms with van der Waals surface area (Å²) in [5.74, 6) is 0.973. The van der Waals surface area contributed by atoms with Crippen molar-refractivity contribution < 1.29 is 0 Å². The molecule has 148 valence electrons. The fourth-order valence-corrected chi connectivity index (χ4v) is 3.84. The second-order valence-electron chi connectivity index (χ2n) is 6.43. The first-order valence-corrected chi connectivity index (χ1v) is 10.8. The van der Waals surface area contributed by atoms with Gasteiger partial charge in [-0.05, 0) is 67.1 Å². The van der Waals surface area contributed by atoms with Crippen molar-refractivity contribution in [2.45, 2.75) is 32.0 Å². The van der Waals surface area contributed by atoms with Crippen molar-refractivity contribution >= 4 is 17.4 Å². The number of rotatable bonds is 11. The molecule has 0 aliphatic heterocycles. The fourth-order valence-electron chi connectivity index (χ4n) is 3.01. The predicted octanol–water partition coefficient (Wildman–Crippen LogP) is 3.78. The Morgan fingerprint density at radius 1 is 1.00 bits per heavy atom. The van der Waals surface area contributed by atoms with Crippen LogP contribution in [0.15, 0.2) is 59.8 Å². The lowest BCUT2D eigenvalue weighted by atomic mass is 10.2. The molecule has 0 unspecified atom stereocenters. The van der Waals surface area contributed by atoms with E-state index in [4.69, 9.17) is 0 Å². The van der Waals surface area contributed by atoms with Crippen LogP contribution in [0.4, 0.5) is 5.69 Å². The highest BCUT2D eigenvalue weighted by Crippen LogP contribution is 2.18. The maximum absolute atomic E-state index is 4.13. The summed E-state index contributed by atoms with van der Waals surface area (Å²) in [4.78, 5) is 2.36. The van der Waals surface area contributed by atoms with Crippen LogP contribution < -0.4 is 10.2 Å². The molecule has 0 aliphatic rings. The average Bonchev–Trinajstić information content (AvgIpc) is 3.22. The molecule has 7 heteroatoms. The van der Waals surface area contributed by atoms with Gasteiger partial charge in [-0.1, -0.05) is 42.1 Å². The zero-order valence-corrected chi connectivity index (χ0v) is 17.4. The topological polar surface area (TPSA) is 58.9 Å². The van der Waals surface area contributed by atoms with E-state index in [1.165, 1.54) is 11.3 Å². The molecule has 0 fully saturated rings. The first-order chi connectivity index (χ1) is 13.8. The van der Waals surface area contributed by atoms with E-state index in [0.717, 1.165) is 49.2 Å². The maximum Gasteiger partial charge on any atom is 0.214 e. The van der Waals surface area contributed by atoms with E-state index in [0.29, 0.717) is 0 Å². The van der Waals surface area contributed by atoms with Crippen LogP contribution >= 0.6 is 11.8 Å². The molecule has 2 aromatic carbocycles. The lowest BCUT2D eigenvalue weighted by Crippen LogP contribution is -2.21. The Bertz CT molecular complexity index is 814. The molecule has 1 N–H and O–H groups in total. The van der Waals surface area contributed by atoms with Gasteiger partial charge in [-0.3, -0.25) is 0 Å². The van der Waals surface area contributed by atoms with E-state index in [1.54, 1.807) is 16.4 Å². The first kappa shape index (κ1) is 20.4. The van der Waals surface area contributed by atoms with E-state index in [-0.39, 0.29) is 0 Å². The van der Waals surface area contributed by atoms with Gasteiger partial charge in [-0.15, -0.1) is 5.10 Å². The fraction of sp³-hybridized carbons (Fsp3) is 0.381. The normalized spacial score (nSPS) is 10.9. The number of hydrogen-bond donors (Lipinski definition) is 1. The van der Waals surface area contributed by atoms with Gasteiger partial charge in [0.1, 0.15) is 0 Å². The third kappa shape index (κ3) is 5.56. The van der Waals surface area contributed by atoms with Gasteiger partial charge in [0.15, 0.2) is 0 Å². The molecule has 28 heavy (non-hydrogen) atoms. The minimum atomic E-state index is 0.832. The summed E-state index contributed by atoms with van der Waals surface area (Å²) in [6.07, 6.45) is 1.06. The Labute approximate surface area is 171 Å². The monoisotopic (exact) mass is 396 g/mol. The summed E-state index contributed by atoms with van der Waals surface area (Å²) in [6.45, 7) is 8.33. The Balaban J connectivity index is 1.38. The van der Waals surface area contributed by atoms with Crippen molar-refractivity contribution in [3.05, 3.63) is 60.2 Å². The Morgan fingerprint density at radius 3 is 2.46 bits per heavy atom. The van der Waals surface area contributed by atoms with E-state index in [9.17, 15) is 0 Å². The molecule has 0 spiro atoms. The van der Waals surface area contributed by atoms with E-state index in [2.05, 4.69) is 63.9 Å². The van der Waals surface area contributed by atoms with Crippen molar-refractivity contribution in [3.8, 4) is 5.69 Å². The summed E-state index contributed by atoms with van der Waals surface area (Å²) in [5, 5.41) is 16.4. The van der Waals surface area contributed by atoms with Crippen LogP contribution in [0.1, 0.15) is 25.8 Å². The van der Waals surface area contributed by atoms with Crippen molar-refractivity contribution in [1.82, 2.24) is 25.5 Å². The van der Waals surface area contributed by atoms with E-state index >= 15 is 0 Å². The quantitative estimate of drug-likeness (QED) is 0.393. The van der Waals surface area contributed by atoms with Crippen molar-refractivity contribution in [2.75, 3.05) is 30.3 Å². The summed E-state index contributed by atoms with van der Waals surface area (Å²) >= 11 is 1.69. The molecule has 1 heterocycles. The standard InChI is InChI=1S/C21H28N6S/c1-3-26(4-2)19-13-11-18(12-14-19)17-22-15-8-16-28-21-23-24-25-27(21)20-9-6-5-7-10-20/h5-7,9-14,22H,3-4,8,15-17H2,1-2H3. The summed E-state index contributed by atoms with van der Waals surface area (Å²) in [7, 11) is 0. The Morgan fingerprint density at radius 2 is 1.75 bits per heavy atom. The Kier molecular flexibility index (Phi) is 7.87. The minimum Gasteiger partial charge on any atom is -0.372 e. The number of para-hydroxylation sites is 1. The molecule has 0 saturated heterocycles. The van der Waals surface area contributed by atoms with Crippen molar-refractivity contribution in [2.24, 2.45) is 0 Å². The zero-order valence-electron chi connectivity index (χ0n) is 16.6. The molecule has 3 rings (SSSR count). The summed E-state index contributed by atoms with van der Waals surface area (Å²) in [6, 6.07) is 18.8. The SMILES string of the molecule is CCN(CC)c1ccc(CNCCCSc2nnnn2-c2ccccc2)cc1. The minimum absolute atomic E-state index is 0.832. The molecule has 0 radical (unpaired) electrons. The maximum atomic E-state index is 4.13. The van der Waals surface area contributed by atoms with Crippen molar-refractivity contribution in [1.29, 1.82) is 0 Å². The number of nitrogens with zero attached hydrogens (tertiary/aromatic N) is 5. The second-order valence-corrected chi connectivity index (χ2v) is 7.49. The van der Waals surface area contributed by atoms with Crippen LogP contribution in [-0.4, -0.2) is 45.6 Å². The second kappa shape index (κ2) is 10.8. The summed E-state index contributed by atoms with van der Waals surface area (Å²) in [5.41, 5.74) is 3.60. The van der Waals surface area contributed by atoms with Crippen LogP contribution in [0.5, 0.6) is 0 Å². The molecule has 0 bridgehead atoms. The zero-order chi connectivity index (χ0) is 19.6. The van der Waals surface area contributed by atoms with Crippen LogP contribution in [0.2, 0.25) is 0 Å². The molecule has 3 aromatic rings. The lowest BCUT2D eigenvalue weighted by Gasteiger charge is -2.21. The van der Waals surface area contributed by atoms with Crippen LogP contribution in [-0.2, 0) is 6.54 Å². The van der Waals surface area contributed by atoms with Crippen LogP contribution in [0, 0.1) is 0 Å². The van der Waals surface area contributed by atoms with Gasteiger partial charge in [0.2, 0.25) is 5.16 Å². The van der Waals surface area contributed by atoms with Gasteiger partial charge >= 0.3 is 0 Å². The highest BCUT2D eigenvalue weighted by molar-refractivity contribution is 7.99.